The molecule has 0 aromatic carbocycles. The van der Waals surface area contributed by atoms with E-state index in [9.17, 15) is 0 Å². The molecule has 0 spiro atoms. The van der Waals surface area contributed by atoms with E-state index < -0.39 is 0 Å². The summed E-state index contributed by atoms with van der Waals surface area (Å²) in [5.41, 5.74) is 0.996. The molecule has 0 atom stereocenters. The van der Waals surface area contributed by atoms with Crippen LogP contribution in [0.3, 0.4) is 0 Å². The molecule has 0 aliphatic rings. The fourth-order valence-electron chi connectivity index (χ4n) is 1.21. The molecule has 14 heavy (non-hydrogen) atoms. The lowest BCUT2D eigenvalue weighted by atomic mass is 9.91. The minimum absolute atomic E-state index is 0. The van der Waals surface area contributed by atoms with E-state index >= 15 is 0 Å². The highest BCUT2D eigenvalue weighted by Crippen LogP contribution is 2.17. The van der Waals surface area contributed by atoms with Crippen molar-refractivity contribution in [1.82, 2.24) is 0 Å². The molecule has 0 aromatic rings. The van der Waals surface area contributed by atoms with Gasteiger partial charge in [0.1, 0.15) is 0 Å². The maximum Gasteiger partial charge on any atom is 0.0760 e. The fourth-order valence-corrected chi connectivity index (χ4v) is 1.21. The summed E-state index contributed by atoms with van der Waals surface area (Å²) in [7, 11) is 0. The van der Waals surface area contributed by atoms with E-state index in [-0.39, 0.29) is 17.0 Å². The molecule has 0 rings (SSSR count). The van der Waals surface area contributed by atoms with Crippen molar-refractivity contribution in [1.29, 1.82) is 0 Å². The lowest BCUT2D eigenvalue weighted by molar-refractivity contribution is -0.657. The van der Waals surface area contributed by atoms with E-state index in [0.717, 1.165) is 0 Å². The van der Waals surface area contributed by atoms with Crippen LogP contribution in [0.1, 0.15) is 54.4 Å². The smallest absolute Gasteiger partial charge is 0.0760 e. The summed E-state index contributed by atoms with van der Waals surface area (Å²) in [5.74, 6) is 0. The van der Waals surface area contributed by atoms with Gasteiger partial charge in [-0.05, 0) is 10.8 Å². The molecule has 1 nitrogen and oxygen atoms in total. The zero-order valence-electron chi connectivity index (χ0n) is 10.8. The molecule has 0 unspecified atom stereocenters. The van der Waals surface area contributed by atoms with Crippen molar-refractivity contribution in [2.24, 2.45) is 10.8 Å². The second kappa shape index (κ2) is 6.84. The molecule has 0 radical (unpaired) electrons. The predicted molar refractivity (Wildman–Crippen MR) is 59.8 cm³/mol. The molecular weight excluding hydrogens is 238 g/mol. The highest BCUT2D eigenvalue weighted by atomic mass is 79.9. The molecule has 88 valence electrons. The monoisotopic (exact) mass is 265 g/mol. The molecule has 0 heterocycles. The number of halogens is 1. The van der Waals surface area contributed by atoms with Crippen LogP contribution < -0.4 is 22.3 Å². The first kappa shape index (κ1) is 16.9. The summed E-state index contributed by atoms with van der Waals surface area (Å²) in [4.78, 5) is 0. The highest BCUT2D eigenvalue weighted by molar-refractivity contribution is 4.60. The van der Waals surface area contributed by atoms with Crippen LogP contribution in [-0.2, 0) is 0 Å². The van der Waals surface area contributed by atoms with Crippen LogP contribution in [0, 0.1) is 10.8 Å². The Balaban J connectivity index is 0. The molecule has 0 saturated carbocycles. The molecule has 0 aliphatic carbocycles. The van der Waals surface area contributed by atoms with Gasteiger partial charge in [0.2, 0.25) is 0 Å². The standard InChI is InChI=1S/C12H27N.BrH/c1-11(2,3)7-9-13-10-8-12(4,5)6;/h13H,7-10H2,1-6H3;1H. The minimum atomic E-state index is 0. The van der Waals surface area contributed by atoms with Crippen molar-refractivity contribution in [3.63, 3.8) is 0 Å². The number of hydrogen-bond acceptors (Lipinski definition) is 0. The highest BCUT2D eigenvalue weighted by Gasteiger charge is 2.12. The third-order valence-electron chi connectivity index (χ3n) is 2.20. The van der Waals surface area contributed by atoms with E-state index in [0.29, 0.717) is 10.8 Å². The summed E-state index contributed by atoms with van der Waals surface area (Å²) in [6.07, 6.45) is 2.63. The second-order valence-electron chi connectivity index (χ2n) is 6.49. The maximum absolute atomic E-state index is 2.45. The number of nitrogens with two attached hydrogens (primary N) is 1. The molecule has 0 amide bonds. The largest absolute Gasteiger partial charge is 1.00 e. The van der Waals surface area contributed by atoms with Gasteiger partial charge >= 0.3 is 0 Å². The van der Waals surface area contributed by atoms with E-state index in [2.05, 4.69) is 46.9 Å². The summed E-state index contributed by atoms with van der Waals surface area (Å²) < 4.78 is 0. The van der Waals surface area contributed by atoms with Gasteiger partial charge in [0.15, 0.2) is 0 Å². The average Bonchev–Trinajstić information content (AvgIpc) is 1.81. The van der Waals surface area contributed by atoms with Crippen molar-refractivity contribution in [2.75, 3.05) is 13.1 Å². The van der Waals surface area contributed by atoms with Crippen molar-refractivity contribution >= 4 is 0 Å². The topological polar surface area (TPSA) is 16.6 Å². The van der Waals surface area contributed by atoms with Gasteiger partial charge in [0.25, 0.3) is 0 Å². The SMILES string of the molecule is CC(C)(C)CC[NH2+]CCC(C)(C)C.[Br-]. The van der Waals surface area contributed by atoms with Crippen molar-refractivity contribution in [3.05, 3.63) is 0 Å². The molecule has 0 bridgehead atoms. The first-order chi connectivity index (χ1) is 5.71. The van der Waals surface area contributed by atoms with Crippen LogP contribution in [0.4, 0.5) is 0 Å². The molecule has 0 aliphatic heterocycles. The Bertz CT molecular complexity index is 114. The van der Waals surface area contributed by atoms with Crippen LogP contribution in [-0.4, -0.2) is 13.1 Å². The normalized spacial score (nSPS) is 12.4. The third-order valence-corrected chi connectivity index (χ3v) is 2.20. The first-order valence-electron chi connectivity index (χ1n) is 5.52. The Kier molecular flexibility index (Phi) is 8.23. The van der Waals surface area contributed by atoms with Crippen molar-refractivity contribution < 1.29 is 22.3 Å². The van der Waals surface area contributed by atoms with Gasteiger partial charge in [-0.25, -0.2) is 0 Å². The second-order valence-corrected chi connectivity index (χ2v) is 6.49. The van der Waals surface area contributed by atoms with E-state index in [1.165, 1.54) is 25.9 Å². The maximum atomic E-state index is 2.45. The van der Waals surface area contributed by atoms with E-state index in [1.54, 1.807) is 0 Å². The van der Waals surface area contributed by atoms with Gasteiger partial charge in [-0.1, -0.05) is 41.5 Å². The molecule has 0 saturated heterocycles. The molecule has 0 aromatic heterocycles. The van der Waals surface area contributed by atoms with Crippen LogP contribution in [0.5, 0.6) is 0 Å². The summed E-state index contributed by atoms with van der Waals surface area (Å²) in [6, 6.07) is 0. The lowest BCUT2D eigenvalue weighted by Crippen LogP contribution is -3.00. The quantitative estimate of drug-likeness (QED) is 0.656. The summed E-state index contributed by atoms with van der Waals surface area (Å²) in [5, 5.41) is 2.45. The molecule has 2 N–H and O–H groups in total. The van der Waals surface area contributed by atoms with Crippen LogP contribution in [0.15, 0.2) is 0 Å². The molecule has 0 fully saturated rings. The van der Waals surface area contributed by atoms with Crippen LogP contribution >= 0.6 is 0 Å². The Morgan fingerprint density at radius 3 is 1.21 bits per heavy atom. The van der Waals surface area contributed by atoms with Gasteiger partial charge in [-0.2, -0.15) is 0 Å². The van der Waals surface area contributed by atoms with Crippen molar-refractivity contribution in [3.8, 4) is 0 Å². The number of rotatable bonds is 4. The van der Waals surface area contributed by atoms with Gasteiger partial charge in [-0.3, -0.25) is 0 Å². The first-order valence-corrected chi connectivity index (χ1v) is 5.52. The van der Waals surface area contributed by atoms with Crippen LogP contribution in [0.25, 0.3) is 0 Å². The van der Waals surface area contributed by atoms with E-state index in [4.69, 9.17) is 0 Å². The lowest BCUT2D eigenvalue weighted by Gasteiger charge is -2.19. The van der Waals surface area contributed by atoms with Gasteiger partial charge in [-0.15, -0.1) is 0 Å². The number of quaternary nitrogens is 1. The Morgan fingerprint density at radius 2 is 1.00 bits per heavy atom. The summed E-state index contributed by atoms with van der Waals surface area (Å²) in [6.45, 7) is 16.4. The zero-order chi connectivity index (χ0) is 10.5. The average molecular weight is 266 g/mol. The third kappa shape index (κ3) is 14.9. The van der Waals surface area contributed by atoms with Gasteiger partial charge in [0.05, 0.1) is 13.1 Å². The van der Waals surface area contributed by atoms with Gasteiger partial charge < -0.3 is 22.3 Å². The predicted octanol–water partition coefficient (Wildman–Crippen LogP) is -0.574. The Labute approximate surface area is 101 Å². The molecule has 2 heteroatoms. The summed E-state index contributed by atoms with van der Waals surface area (Å²) >= 11 is 0. The minimum Gasteiger partial charge on any atom is -1.00 e. The van der Waals surface area contributed by atoms with Gasteiger partial charge in [0, 0.05) is 12.8 Å². The Hall–Kier alpha value is 0.440. The van der Waals surface area contributed by atoms with Crippen LogP contribution in [0.2, 0.25) is 0 Å². The zero-order valence-corrected chi connectivity index (χ0v) is 12.4. The molecular formula is C12H28BrN. The number of hydrogen-bond donors (Lipinski definition) is 1. The fraction of sp³-hybridized carbons (Fsp3) is 1.00. The Morgan fingerprint density at radius 1 is 0.714 bits per heavy atom. The van der Waals surface area contributed by atoms with E-state index in [1.807, 2.05) is 0 Å². The van der Waals surface area contributed by atoms with Crippen molar-refractivity contribution in [2.45, 2.75) is 54.4 Å².